The number of anilines is 2. The maximum Gasteiger partial charge on any atom is 0.255 e. The van der Waals surface area contributed by atoms with Crippen LogP contribution in [0.5, 0.6) is 0 Å². The number of rotatable bonds is 6. The number of halogens is 2. The molecule has 0 aromatic heterocycles. The average molecular weight is 461 g/mol. The summed E-state index contributed by atoms with van der Waals surface area (Å²) >= 11 is 4.61. The third-order valence-corrected chi connectivity index (χ3v) is 4.94. The summed E-state index contributed by atoms with van der Waals surface area (Å²) in [6.07, 6.45) is 0.694. The van der Waals surface area contributed by atoms with Gasteiger partial charge in [0.15, 0.2) is 6.29 Å². The molecule has 0 radical (unpaired) electrons. The number of carbonyl (C=O) groups excluding carboxylic acids is 2. The number of benzene rings is 3. The van der Waals surface area contributed by atoms with Crippen molar-refractivity contribution in [2.75, 3.05) is 10.0 Å². The molecular formula is C21H18BrFN2O2S. The van der Waals surface area contributed by atoms with Crippen molar-refractivity contribution in [3.63, 3.8) is 0 Å². The Kier molecular flexibility index (Phi) is 7.78. The van der Waals surface area contributed by atoms with E-state index in [0.717, 1.165) is 15.1 Å². The maximum atomic E-state index is 12.9. The second-order valence-electron chi connectivity index (χ2n) is 5.54. The summed E-state index contributed by atoms with van der Waals surface area (Å²) in [5.41, 5.74) is 2.05. The van der Waals surface area contributed by atoms with E-state index in [1.54, 1.807) is 48.5 Å². The zero-order valence-corrected chi connectivity index (χ0v) is 16.3. The van der Waals surface area contributed by atoms with Crippen LogP contribution in [0.25, 0.3) is 0 Å². The van der Waals surface area contributed by atoms with Gasteiger partial charge in [-0.25, -0.2) is 4.39 Å². The van der Waals surface area contributed by atoms with Crippen LogP contribution < -0.4 is 10.0 Å². The van der Waals surface area contributed by atoms with Crippen LogP contribution >= 0.6 is 27.9 Å². The second kappa shape index (κ2) is 10.1. The molecule has 144 valence electrons. The van der Waals surface area contributed by atoms with Crippen molar-refractivity contribution >= 4 is 51.4 Å². The minimum absolute atomic E-state index is 0. The highest BCUT2D eigenvalue weighted by molar-refractivity contribution is 9.10. The molecule has 0 unspecified atom stereocenters. The van der Waals surface area contributed by atoms with E-state index < -0.39 is 0 Å². The third kappa shape index (κ3) is 5.68. The fourth-order valence-electron chi connectivity index (χ4n) is 2.28. The molecule has 0 spiro atoms. The van der Waals surface area contributed by atoms with Gasteiger partial charge in [0.25, 0.3) is 5.91 Å². The van der Waals surface area contributed by atoms with Crippen molar-refractivity contribution in [1.29, 1.82) is 0 Å². The lowest BCUT2D eigenvalue weighted by Gasteiger charge is -2.10. The van der Waals surface area contributed by atoms with Gasteiger partial charge in [-0.2, -0.15) is 0 Å². The first kappa shape index (κ1) is 21.7. The van der Waals surface area contributed by atoms with Gasteiger partial charge in [0.05, 0.1) is 5.69 Å². The molecule has 0 saturated heterocycles. The molecule has 28 heavy (non-hydrogen) atoms. The Balaban J connectivity index is 0.00000280. The quantitative estimate of drug-likeness (QED) is 0.329. The molecule has 3 aromatic rings. The minimum Gasteiger partial charge on any atom is -0.326 e. The Morgan fingerprint density at radius 3 is 2.50 bits per heavy atom. The van der Waals surface area contributed by atoms with Gasteiger partial charge in [-0.1, -0.05) is 29.4 Å². The summed E-state index contributed by atoms with van der Waals surface area (Å²) in [5.74, 6) is -0.614. The third-order valence-electron chi connectivity index (χ3n) is 3.62. The van der Waals surface area contributed by atoms with E-state index in [2.05, 4.69) is 26.0 Å². The standard InChI is InChI=1S/C20H14BrFN2O2S.CH4/c21-15-4-9-19(14(10-15)12-25)23-20(26)13-2-1-3-18(11-13)27-24-17-7-5-16(22)6-8-17;/h1-12,24H,(H,23,26);1H4. The van der Waals surface area contributed by atoms with Crippen LogP contribution in [0, 0.1) is 5.82 Å². The lowest BCUT2D eigenvalue weighted by atomic mass is 10.1. The molecule has 0 saturated carbocycles. The molecular weight excluding hydrogens is 443 g/mol. The number of carbonyl (C=O) groups is 2. The van der Waals surface area contributed by atoms with Gasteiger partial charge in [0, 0.05) is 26.2 Å². The first-order chi connectivity index (χ1) is 13.0. The van der Waals surface area contributed by atoms with Crippen molar-refractivity contribution in [2.45, 2.75) is 12.3 Å². The van der Waals surface area contributed by atoms with Crippen LogP contribution in [0.1, 0.15) is 28.1 Å². The Morgan fingerprint density at radius 1 is 1.04 bits per heavy atom. The topological polar surface area (TPSA) is 58.2 Å². The first-order valence-electron chi connectivity index (χ1n) is 7.90. The van der Waals surface area contributed by atoms with E-state index in [0.29, 0.717) is 23.1 Å². The second-order valence-corrected chi connectivity index (χ2v) is 7.34. The minimum atomic E-state index is -0.315. The Bertz CT molecular complexity index is 980. The van der Waals surface area contributed by atoms with Crippen LogP contribution in [0.15, 0.2) is 76.1 Å². The molecule has 7 heteroatoms. The number of hydrogen-bond acceptors (Lipinski definition) is 4. The summed E-state index contributed by atoms with van der Waals surface area (Å²) in [4.78, 5) is 24.5. The number of hydrogen-bond donors (Lipinski definition) is 2. The maximum absolute atomic E-state index is 12.9. The van der Waals surface area contributed by atoms with E-state index in [4.69, 9.17) is 0 Å². The average Bonchev–Trinajstić information content (AvgIpc) is 2.69. The normalized spacial score (nSPS) is 9.93. The van der Waals surface area contributed by atoms with E-state index in [1.165, 1.54) is 24.1 Å². The largest absolute Gasteiger partial charge is 0.326 e. The van der Waals surface area contributed by atoms with Crippen LogP contribution in [0.3, 0.4) is 0 Å². The Morgan fingerprint density at radius 2 is 1.79 bits per heavy atom. The molecule has 4 nitrogen and oxygen atoms in total. The highest BCUT2D eigenvalue weighted by atomic mass is 79.9. The van der Waals surface area contributed by atoms with Crippen molar-refractivity contribution in [3.05, 3.63) is 88.1 Å². The lowest BCUT2D eigenvalue weighted by Crippen LogP contribution is -2.13. The molecule has 0 aliphatic rings. The molecule has 3 aromatic carbocycles. The zero-order chi connectivity index (χ0) is 19.2. The van der Waals surface area contributed by atoms with Gasteiger partial charge < -0.3 is 10.0 Å². The molecule has 0 heterocycles. The predicted octanol–water partition coefficient (Wildman–Crippen LogP) is 6.41. The van der Waals surface area contributed by atoms with Gasteiger partial charge in [-0.05, 0) is 72.6 Å². The fourth-order valence-corrected chi connectivity index (χ4v) is 3.36. The van der Waals surface area contributed by atoms with Gasteiger partial charge in [0.1, 0.15) is 5.82 Å². The Labute approximate surface area is 175 Å². The Hall–Kier alpha value is -2.64. The van der Waals surface area contributed by atoms with Gasteiger partial charge in [0.2, 0.25) is 0 Å². The SMILES string of the molecule is C.O=Cc1cc(Br)ccc1NC(=O)c1cccc(SNc2ccc(F)cc2)c1. The molecule has 0 bridgehead atoms. The van der Waals surface area contributed by atoms with Gasteiger partial charge in [-0.3, -0.25) is 9.59 Å². The number of amides is 1. The zero-order valence-electron chi connectivity index (χ0n) is 13.9. The smallest absolute Gasteiger partial charge is 0.255 e. The number of nitrogens with one attached hydrogen (secondary N) is 2. The molecule has 0 aliphatic carbocycles. The van der Waals surface area contributed by atoms with E-state index in [-0.39, 0.29) is 19.2 Å². The van der Waals surface area contributed by atoms with Crippen molar-refractivity contribution in [1.82, 2.24) is 0 Å². The molecule has 2 N–H and O–H groups in total. The van der Waals surface area contributed by atoms with Crippen molar-refractivity contribution in [2.24, 2.45) is 0 Å². The lowest BCUT2D eigenvalue weighted by molar-refractivity contribution is 0.102. The van der Waals surface area contributed by atoms with Crippen LogP contribution in [0.2, 0.25) is 0 Å². The summed E-state index contributed by atoms with van der Waals surface area (Å²) in [6.45, 7) is 0. The monoisotopic (exact) mass is 460 g/mol. The van der Waals surface area contributed by atoms with E-state index in [9.17, 15) is 14.0 Å². The molecule has 3 rings (SSSR count). The molecule has 0 aliphatic heterocycles. The van der Waals surface area contributed by atoms with Crippen LogP contribution in [-0.2, 0) is 0 Å². The molecule has 1 amide bonds. The summed E-state index contributed by atoms with van der Waals surface area (Å²) in [7, 11) is 0. The summed E-state index contributed by atoms with van der Waals surface area (Å²) in [6, 6.07) is 18.1. The molecule has 0 atom stereocenters. The van der Waals surface area contributed by atoms with Crippen molar-refractivity contribution in [3.8, 4) is 0 Å². The summed E-state index contributed by atoms with van der Waals surface area (Å²) in [5, 5.41) is 2.75. The fraction of sp³-hybridized carbons (Fsp3) is 0.0476. The van der Waals surface area contributed by atoms with Crippen LogP contribution in [-0.4, -0.2) is 12.2 Å². The molecule has 0 fully saturated rings. The highest BCUT2D eigenvalue weighted by Gasteiger charge is 2.10. The summed E-state index contributed by atoms with van der Waals surface area (Å²) < 4.78 is 16.8. The van der Waals surface area contributed by atoms with Crippen LogP contribution in [0.4, 0.5) is 15.8 Å². The number of aldehydes is 1. The predicted molar refractivity (Wildman–Crippen MR) is 117 cm³/mol. The van der Waals surface area contributed by atoms with Gasteiger partial charge >= 0.3 is 0 Å². The van der Waals surface area contributed by atoms with Crippen molar-refractivity contribution < 1.29 is 14.0 Å². The van der Waals surface area contributed by atoms with Gasteiger partial charge in [-0.15, -0.1) is 0 Å². The first-order valence-corrected chi connectivity index (χ1v) is 9.50. The van der Waals surface area contributed by atoms with E-state index >= 15 is 0 Å². The highest BCUT2D eigenvalue weighted by Crippen LogP contribution is 2.24. The van der Waals surface area contributed by atoms with E-state index in [1.807, 2.05) is 6.07 Å².